The number of nitrogens with two attached hydrogens (primary N) is 1. The van der Waals surface area contributed by atoms with Gasteiger partial charge in [-0.15, -0.1) is 0 Å². The maximum atomic E-state index is 13.8. The first kappa shape index (κ1) is 13.8. The molecular formula is C13H9BrClFN2O. The summed E-state index contributed by atoms with van der Waals surface area (Å²) < 4.78 is 14.0. The second-order valence-electron chi connectivity index (χ2n) is 3.79. The molecular weight excluding hydrogens is 335 g/mol. The Bertz CT molecular complexity index is 649. The average Bonchev–Trinajstić information content (AvgIpc) is 2.37. The Morgan fingerprint density at radius 1 is 1.32 bits per heavy atom. The van der Waals surface area contributed by atoms with Crippen LogP contribution in [0.1, 0.15) is 10.4 Å². The van der Waals surface area contributed by atoms with Crippen LogP contribution >= 0.6 is 27.5 Å². The molecule has 0 atom stereocenters. The highest BCUT2D eigenvalue weighted by Gasteiger charge is 2.15. The molecule has 0 radical (unpaired) electrons. The van der Waals surface area contributed by atoms with Gasteiger partial charge in [0, 0.05) is 5.02 Å². The zero-order valence-electron chi connectivity index (χ0n) is 9.58. The van der Waals surface area contributed by atoms with E-state index in [1.54, 1.807) is 18.2 Å². The second-order valence-corrected chi connectivity index (χ2v) is 5.08. The van der Waals surface area contributed by atoms with Gasteiger partial charge in [0.05, 0.1) is 21.4 Å². The van der Waals surface area contributed by atoms with Gasteiger partial charge in [-0.2, -0.15) is 0 Å². The molecule has 2 aromatic carbocycles. The Morgan fingerprint density at radius 3 is 2.79 bits per heavy atom. The maximum absolute atomic E-state index is 13.8. The monoisotopic (exact) mass is 342 g/mol. The number of hydrogen-bond donors (Lipinski definition) is 2. The highest BCUT2D eigenvalue weighted by molar-refractivity contribution is 9.10. The standard InChI is InChI=1S/C13H9BrClFN2O/c14-9-3-1-2-8(12(9)16)13(19)18-11-6-7(15)4-5-10(11)17/h1-6H,17H2,(H,18,19). The molecule has 0 saturated heterocycles. The van der Waals surface area contributed by atoms with Gasteiger partial charge in [0.15, 0.2) is 0 Å². The third-order valence-corrected chi connectivity index (χ3v) is 3.31. The van der Waals surface area contributed by atoms with Crippen molar-refractivity contribution in [1.82, 2.24) is 0 Å². The molecule has 19 heavy (non-hydrogen) atoms. The summed E-state index contributed by atoms with van der Waals surface area (Å²) in [6.45, 7) is 0. The van der Waals surface area contributed by atoms with Gasteiger partial charge in [-0.3, -0.25) is 4.79 Å². The van der Waals surface area contributed by atoms with Crippen molar-refractivity contribution in [2.24, 2.45) is 0 Å². The van der Waals surface area contributed by atoms with Gasteiger partial charge >= 0.3 is 0 Å². The Hall–Kier alpha value is -1.59. The summed E-state index contributed by atoms with van der Waals surface area (Å²) in [7, 11) is 0. The normalized spacial score (nSPS) is 10.3. The Balaban J connectivity index is 2.31. The average molecular weight is 344 g/mol. The topological polar surface area (TPSA) is 55.1 Å². The van der Waals surface area contributed by atoms with Crippen LogP contribution < -0.4 is 11.1 Å². The van der Waals surface area contributed by atoms with Gasteiger partial charge in [-0.05, 0) is 46.3 Å². The third kappa shape index (κ3) is 3.05. The molecule has 1 amide bonds. The molecule has 0 bridgehead atoms. The third-order valence-electron chi connectivity index (χ3n) is 2.46. The lowest BCUT2D eigenvalue weighted by molar-refractivity contribution is 0.102. The zero-order valence-corrected chi connectivity index (χ0v) is 11.9. The van der Waals surface area contributed by atoms with E-state index in [1.807, 2.05) is 0 Å². The molecule has 3 nitrogen and oxygen atoms in total. The van der Waals surface area contributed by atoms with Crippen molar-refractivity contribution in [2.45, 2.75) is 0 Å². The molecule has 0 aliphatic carbocycles. The molecule has 0 unspecified atom stereocenters. The molecule has 0 spiro atoms. The lowest BCUT2D eigenvalue weighted by atomic mass is 10.2. The lowest BCUT2D eigenvalue weighted by Gasteiger charge is -2.09. The smallest absolute Gasteiger partial charge is 0.258 e. The number of anilines is 2. The number of nitrogens with one attached hydrogen (secondary N) is 1. The van der Waals surface area contributed by atoms with Crippen molar-refractivity contribution in [3.63, 3.8) is 0 Å². The Morgan fingerprint density at radius 2 is 2.05 bits per heavy atom. The quantitative estimate of drug-likeness (QED) is 0.807. The first-order valence-corrected chi connectivity index (χ1v) is 6.46. The number of rotatable bonds is 2. The highest BCUT2D eigenvalue weighted by atomic mass is 79.9. The van der Waals surface area contributed by atoms with Crippen molar-refractivity contribution in [3.8, 4) is 0 Å². The molecule has 3 N–H and O–H groups in total. The molecule has 0 aliphatic heterocycles. The molecule has 0 aromatic heterocycles. The van der Waals surface area contributed by atoms with Crippen molar-refractivity contribution in [1.29, 1.82) is 0 Å². The van der Waals surface area contributed by atoms with E-state index >= 15 is 0 Å². The van der Waals surface area contributed by atoms with E-state index in [9.17, 15) is 9.18 Å². The van der Waals surface area contributed by atoms with E-state index in [1.165, 1.54) is 18.2 Å². The summed E-state index contributed by atoms with van der Waals surface area (Å²) in [5, 5.41) is 2.96. The molecule has 6 heteroatoms. The number of carbonyl (C=O) groups is 1. The minimum absolute atomic E-state index is 0.0752. The number of carbonyl (C=O) groups excluding carboxylic acids is 1. The minimum atomic E-state index is -0.624. The number of hydrogen-bond acceptors (Lipinski definition) is 2. The van der Waals surface area contributed by atoms with Crippen molar-refractivity contribution in [3.05, 3.63) is 57.3 Å². The van der Waals surface area contributed by atoms with Crippen molar-refractivity contribution < 1.29 is 9.18 Å². The number of benzene rings is 2. The molecule has 98 valence electrons. The summed E-state index contributed by atoms with van der Waals surface area (Å²) in [5.74, 6) is -1.21. The SMILES string of the molecule is Nc1ccc(Cl)cc1NC(=O)c1cccc(Br)c1F. The fourth-order valence-corrected chi connectivity index (χ4v) is 2.04. The van der Waals surface area contributed by atoms with Crippen molar-refractivity contribution >= 4 is 44.8 Å². The summed E-state index contributed by atoms with van der Waals surface area (Å²) in [5.41, 5.74) is 6.33. The fraction of sp³-hybridized carbons (Fsp3) is 0. The first-order chi connectivity index (χ1) is 8.99. The maximum Gasteiger partial charge on any atom is 0.258 e. The minimum Gasteiger partial charge on any atom is -0.397 e. The number of halogens is 3. The first-order valence-electron chi connectivity index (χ1n) is 5.29. The summed E-state index contributed by atoms with van der Waals surface area (Å²) in [4.78, 5) is 12.0. The summed E-state index contributed by atoms with van der Waals surface area (Å²) in [6, 6.07) is 9.14. The van der Waals surface area contributed by atoms with Crippen LogP contribution in [0.15, 0.2) is 40.9 Å². The predicted molar refractivity (Wildman–Crippen MR) is 77.9 cm³/mol. The van der Waals surface area contributed by atoms with Gasteiger partial charge in [0.25, 0.3) is 5.91 Å². The van der Waals surface area contributed by atoms with E-state index in [2.05, 4.69) is 21.2 Å². The summed E-state index contributed by atoms with van der Waals surface area (Å²) in [6.07, 6.45) is 0. The van der Waals surface area contributed by atoms with E-state index in [0.717, 1.165) is 0 Å². The number of nitrogen functional groups attached to an aromatic ring is 1. The van der Waals surface area contributed by atoms with Crippen LogP contribution in [0, 0.1) is 5.82 Å². The lowest BCUT2D eigenvalue weighted by Crippen LogP contribution is -2.15. The van der Waals surface area contributed by atoms with Crippen LogP contribution in [0.4, 0.5) is 15.8 Å². The van der Waals surface area contributed by atoms with Crippen LogP contribution in [0.2, 0.25) is 5.02 Å². The van der Waals surface area contributed by atoms with Crippen molar-refractivity contribution in [2.75, 3.05) is 11.1 Å². The van der Waals surface area contributed by atoms with Gasteiger partial charge in [0.1, 0.15) is 5.82 Å². The molecule has 0 heterocycles. The predicted octanol–water partition coefficient (Wildman–Crippen LogP) is 4.08. The number of amides is 1. The van der Waals surface area contributed by atoms with E-state index in [0.29, 0.717) is 16.4 Å². The fourth-order valence-electron chi connectivity index (χ4n) is 1.51. The van der Waals surface area contributed by atoms with Crippen LogP contribution in [-0.2, 0) is 0 Å². The van der Waals surface area contributed by atoms with E-state index in [4.69, 9.17) is 17.3 Å². The highest BCUT2D eigenvalue weighted by Crippen LogP contribution is 2.25. The van der Waals surface area contributed by atoms with Gasteiger partial charge in [0.2, 0.25) is 0 Å². The van der Waals surface area contributed by atoms with Crippen LogP contribution in [0.3, 0.4) is 0 Å². The van der Waals surface area contributed by atoms with Gasteiger partial charge in [-0.25, -0.2) is 4.39 Å². The van der Waals surface area contributed by atoms with Crippen LogP contribution in [0.5, 0.6) is 0 Å². The molecule has 0 aliphatic rings. The second kappa shape index (κ2) is 5.59. The largest absolute Gasteiger partial charge is 0.397 e. The van der Waals surface area contributed by atoms with Gasteiger partial charge in [-0.1, -0.05) is 17.7 Å². The molecule has 0 saturated carbocycles. The van der Waals surface area contributed by atoms with E-state index < -0.39 is 11.7 Å². The molecule has 2 aromatic rings. The zero-order chi connectivity index (χ0) is 14.0. The van der Waals surface area contributed by atoms with Crippen LogP contribution in [-0.4, -0.2) is 5.91 Å². The van der Waals surface area contributed by atoms with Crippen LogP contribution in [0.25, 0.3) is 0 Å². The van der Waals surface area contributed by atoms with E-state index in [-0.39, 0.29) is 10.0 Å². The molecule has 0 fully saturated rings. The van der Waals surface area contributed by atoms with Gasteiger partial charge < -0.3 is 11.1 Å². The Kier molecular flexibility index (Phi) is 4.07. The summed E-state index contributed by atoms with van der Waals surface area (Å²) >= 11 is 8.84. The molecule has 2 rings (SSSR count). The Labute approximate surface area is 122 Å².